The van der Waals surface area contributed by atoms with Gasteiger partial charge >= 0.3 is 11.9 Å². The van der Waals surface area contributed by atoms with E-state index in [9.17, 15) is 19.5 Å². The van der Waals surface area contributed by atoms with Crippen molar-refractivity contribution in [3.05, 3.63) is 23.8 Å². The molecule has 0 bridgehead atoms. The molecule has 0 saturated heterocycles. The highest BCUT2D eigenvalue weighted by Crippen LogP contribution is 2.71. The van der Waals surface area contributed by atoms with Crippen LogP contribution < -0.4 is 0 Å². The number of ketones is 1. The number of aliphatic hydroxyl groups is 1. The minimum atomic E-state index is -2.31. The standard InChI is InChI=1S/C27H35F2NO6S/c1-7-21(33)36-27(22(34)35-23(37)30(5)6)14(2)10-16-17-12-19(28)18-11-15(31)8-9-24(18,3)26(17,29)20(32)13-25(16,27)4/h8-9,11,14,16-17,19-20,32H,7,10,12-13H2,1-6H3/t14-,16+,17+,19+,20+,24+,25+,26+,27+/m1/s1. The van der Waals surface area contributed by atoms with Crippen LogP contribution in [0.1, 0.15) is 53.4 Å². The number of aliphatic hydroxyl groups excluding tert-OH is 1. The first-order valence-electron chi connectivity index (χ1n) is 12.7. The van der Waals surface area contributed by atoms with E-state index in [2.05, 4.69) is 0 Å². The van der Waals surface area contributed by atoms with E-state index in [1.807, 2.05) is 0 Å². The van der Waals surface area contributed by atoms with Crippen LogP contribution in [-0.2, 0) is 23.9 Å². The van der Waals surface area contributed by atoms with E-state index in [1.54, 1.807) is 34.9 Å². The van der Waals surface area contributed by atoms with Crippen LogP contribution in [0, 0.1) is 28.6 Å². The van der Waals surface area contributed by atoms with Gasteiger partial charge in [-0.3, -0.25) is 9.59 Å². The molecular weight excluding hydrogens is 504 g/mol. The number of fused-ring (bicyclic) bond motifs is 5. The Morgan fingerprint density at radius 3 is 2.49 bits per heavy atom. The van der Waals surface area contributed by atoms with Crippen molar-refractivity contribution in [2.75, 3.05) is 14.1 Å². The van der Waals surface area contributed by atoms with E-state index in [1.165, 1.54) is 24.0 Å². The van der Waals surface area contributed by atoms with Gasteiger partial charge in [-0.25, -0.2) is 13.6 Å². The monoisotopic (exact) mass is 539 g/mol. The first-order chi connectivity index (χ1) is 17.1. The summed E-state index contributed by atoms with van der Waals surface area (Å²) in [5.74, 6) is -4.24. The minimum absolute atomic E-state index is 0.0166. The van der Waals surface area contributed by atoms with Gasteiger partial charge in [0.25, 0.3) is 5.17 Å². The van der Waals surface area contributed by atoms with Crippen molar-refractivity contribution in [2.24, 2.45) is 28.6 Å². The molecule has 0 unspecified atom stereocenters. The molecule has 7 nitrogen and oxygen atoms in total. The van der Waals surface area contributed by atoms with Crippen molar-refractivity contribution >= 4 is 35.1 Å². The fraction of sp³-hybridized carbons (Fsp3) is 0.704. The number of allylic oxidation sites excluding steroid dienone is 4. The van der Waals surface area contributed by atoms with Gasteiger partial charge in [0.15, 0.2) is 11.5 Å². The zero-order valence-electron chi connectivity index (χ0n) is 22.0. The molecule has 0 spiro atoms. The molecule has 0 aromatic heterocycles. The lowest BCUT2D eigenvalue weighted by Crippen LogP contribution is -2.71. The predicted molar refractivity (Wildman–Crippen MR) is 135 cm³/mol. The van der Waals surface area contributed by atoms with Gasteiger partial charge in [-0.1, -0.05) is 26.8 Å². The third kappa shape index (κ3) is 3.57. The lowest BCUT2D eigenvalue weighted by molar-refractivity contribution is -0.236. The van der Waals surface area contributed by atoms with Crippen molar-refractivity contribution in [1.82, 2.24) is 4.90 Å². The van der Waals surface area contributed by atoms with E-state index >= 15 is 8.78 Å². The molecular formula is C27H35F2NO6S. The van der Waals surface area contributed by atoms with Crippen LogP contribution in [0.2, 0.25) is 0 Å². The molecule has 10 heteroatoms. The minimum Gasteiger partial charge on any atom is -0.446 e. The number of hydrogen-bond donors (Lipinski definition) is 1. The van der Waals surface area contributed by atoms with Crippen LogP contribution in [-0.4, -0.2) is 70.5 Å². The third-order valence-corrected chi connectivity index (χ3v) is 10.0. The largest absolute Gasteiger partial charge is 0.446 e. The molecule has 0 aliphatic heterocycles. The maximum absolute atomic E-state index is 17.4. The zero-order chi connectivity index (χ0) is 27.7. The van der Waals surface area contributed by atoms with Crippen LogP contribution in [0.5, 0.6) is 0 Å². The summed E-state index contributed by atoms with van der Waals surface area (Å²) >= 11 is 5.18. The quantitative estimate of drug-likeness (QED) is 0.429. The Morgan fingerprint density at radius 1 is 1.24 bits per heavy atom. The summed E-state index contributed by atoms with van der Waals surface area (Å²) in [7, 11) is 3.20. The molecule has 3 saturated carbocycles. The second-order valence-electron chi connectivity index (χ2n) is 11.6. The molecule has 0 amide bonds. The molecule has 4 rings (SSSR count). The molecule has 4 aliphatic carbocycles. The molecule has 0 aromatic carbocycles. The lowest BCUT2D eigenvalue weighted by atomic mass is 9.44. The summed E-state index contributed by atoms with van der Waals surface area (Å²) < 4.78 is 44.5. The summed E-state index contributed by atoms with van der Waals surface area (Å²) in [5, 5.41) is 11.4. The molecule has 4 aliphatic rings. The highest BCUT2D eigenvalue weighted by molar-refractivity contribution is 7.80. The molecule has 0 aromatic rings. The molecule has 1 N–H and O–H groups in total. The smallest absolute Gasteiger partial charge is 0.358 e. The summed E-state index contributed by atoms with van der Waals surface area (Å²) in [6.45, 7) is 6.52. The fourth-order valence-electron chi connectivity index (χ4n) is 7.72. The first-order valence-corrected chi connectivity index (χ1v) is 13.1. The number of carbonyl (C=O) groups excluding carboxylic acids is 3. The molecule has 37 heavy (non-hydrogen) atoms. The summed E-state index contributed by atoms with van der Waals surface area (Å²) in [5.41, 5.74) is -6.98. The number of alkyl halides is 2. The predicted octanol–water partition coefficient (Wildman–Crippen LogP) is 3.63. The Balaban J connectivity index is 1.86. The average Bonchev–Trinajstić information content (AvgIpc) is 3.04. The number of carbonyl (C=O) groups is 3. The average molecular weight is 540 g/mol. The van der Waals surface area contributed by atoms with Gasteiger partial charge in [0, 0.05) is 43.2 Å². The second-order valence-corrected chi connectivity index (χ2v) is 12.0. The molecule has 0 heterocycles. The molecule has 9 atom stereocenters. The van der Waals surface area contributed by atoms with Gasteiger partial charge in [0.1, 0.15) is 6.17 Å². The van der Waals surface area contributed by atoms with Gasteiger partial charge in [-0.15, -0.1) is 0 Å². The Labute approximate surface area is 221 Å². The zero-order valence-corrected chi connectivity index (χ0v) is 22.9. The van der Waals surface area contributed by atoms with Crippen LogP contribution in [0.15, 0.2) is 23.8 Å². The van der Waals surface area contributed by atoms with E-state index in [0.29, 0.717) is 0 Å². The SMILES string of the molecule is CCC(=O)O[C@]1(C(=O)OC(=S)N(C)C)[C@H](C)C[C@H]2[C@@H]3C[C@H](F)C4=CC(=O)C=C[C@]4(C)[C@@]3(F)[C@@H](O)C[C@@]21C. The third-order valence-electron chi connectivity index (χ3n) is 9.58. The summed E-state index contributed by atoms with van der Waals surface area (Å²) in [6.07, 6.45) is 0.167. The van der Waals surface area contributed by atoms with Crippen LogP contribution >= 0.6 is 12.2 Å². The first kappa shape index (κ1) is 27.8. The van der Waals surface area contributed by atoms with Crippen LogP contribution in [0.3, 0.4) is 0 Å². The van der Waals surface area contributed by atoms with Gasteiger partial charge in [0.05, 0.1) is 6.10 Å². The maximum atomic E-state index is 17.4. The van der Waals surface area contributed by atoms with Gasteiger partial charge in [-0.05, 0) is 62.0 Å². The number of thiocarbonyl (C=S) groups is 1. The summed E-state index contributed by atoms with van der Waals surface area (Å²) in [6, 6.07) is 0. The topological polar surface area (TPSA) is 93.1 Å². The van der Waals surface area contributed by atoms with E-state index in [-0.39, 0.29) is 36.4 Å². The van der Waals surface area contributed by atoms with Crippen molar-refractivity contribution in [3.8, 4) is 0 Å². The Hall–Kier alpha value is -2.20. The summed E-state index contributed by atoms with van der Waals surface area (Å²) in [4.78, 5) is 40.0. The highest BCUT2D eigenvalue weighted by Gasteiger charge is 2.78. The van der Waals surface area contributed by atoms with Gasteiger partial charge in [-0.2, -0.15) is 0 Å². The number of nitrogens with zero attached hydrogens (tertiary/aromatic N) is 1. The van der Waals surface area contributed by atoms with Crippen molar-refractivity contribution in [3.63, 3.8) is 0 Å². The van der Waals surface area contributed by atoms with Crippen molar-refractivity contribution in [1.29, 1.82) is 0 Å². The Bertz CT molecular complexity index is 1110. The normalized spacial score (nSPS) is 44.2. The van der Waals surface area contributed by atoms with Gasteiger partial charge in [0.2, 0.25) is 5.60 Å². The van der Waals surface area contributed by atoms with Crippen LogP contribution in [0.25, 0.3) is 0 Å². The Kier molecular flexibility index (Phi) is 6.72. The molecule has 3 fully saturated rings. The number of hydrogen-bond acceptors (Lipinski definition) is 7. The second kappa shape index (κ2) is 8.93. The Morgan fingerprint density at radius 2 is 1.89 bits per heavy atom. The number of esters is 2. The highest BCUT2D eigenvalue weighted by atomic mass is 32.1. The molecule has 0 radical (unpaired) electrons. The maximum Gasteiger partial charge on any atom is 0.358 e. The van der Waals surface area contributed by atoms with Crippen LogP contribution in [0.4, 0.5) is 8.78 Å². The number of ether oxygens (including phenoxy) is 2. The van der Waals surface area contributed by atoms with Gasteiger partial charge < -0.3 is 19.5 Å². The fourth-order valence-corrected chi connectivity index (χ4v) is 7.79. The van der Waals surface area contributed by atoms with E-state index in [0.717, 1.165) is 6.08 Å². The lowest BCUT2D eigenvalue weighted by Gasteiger charge is -2.63. The van der Waals surface area contributed by atoms with Crippen molar-refractivity contribution in [2.45, 2.75) is 76.9 Å². The number of halogens is 2. The van der Waals surface area contributed by atoms with E-state index in [4.69, 9.17) is 21.7 Å². The number of rotatable bonds is 3. The van der Waals surface area contributed by atoms with Crippen molar-refractivity contribution < 1.29 is 37.7 Å². The van der Waals surface area contributed by atoms with E-state index < -0.39 is 69.9 Å². The molecule has 204 valence electrons.